The maximum absolute atomic E-state index is 10.1. The van der Waals surface area contributed by atoms with Crippen LogP contribution in [-0.4, -0.2) is 59.2 Å². The first-order chi connectivity index (χ1) is 9.81. The standard InChI is InChI=1S/C15H22N2O2S/c18-15-10-14(13-4-2-1-3-5-13)11-17(12-15)20-16-6-8-19-9-7-16/h1-5,14-15,18H,6-12H2. The fraction of sp³-hybridized carbons (Fsp3) is 0.600. The topological polar surface area (TPSA) is 35.9 Å². The molecule has 2 unspecified atom stereocenters. The van der Waals surface area contributed by atoms with Crippen LogP contribution in [0.5, 0.6) is 0 Å². The Balaban J connectivity index is 1.61. The summed E-state index contributed by atoms with van der Waals surface area (Å²) in [6.45, 7) is 5.31. The number of piperidine rings is 1. The average molecular weight is 294 g/mol. The highest BCUT2D eigenvalue weighted by atomic mass is 32.2. The second kappa shape index (κ2) is 6.91. The molecule has 2 aliphatic heterocycles. The molecule has 0 radical (unpaired) electrons. The Morgan fingerprint density at radius 1 is 1.05 bits per heavy atom. The summed E-state index contributed by atoms with van der Waals surface area (Å²) in [6, 6.07) is 10.5. The highest BCUT2D eigenvalue weighted by Crippen LogP contribution is 2.31. The van der Waals surface area contributed by atoms with Crippen molar-refractivity contribution in [1.29, 1.82) is 0 Å². The number of hydrogen-bond donors (Lipinski definition) is 1. The average Bonchev–Trinajstić information content (AvgIpc) is 2.49. The Labute approximate surface area is 125 Å². The molecule has 2 atom stereocenters. The van der Waals surface area contributed by atoms with Crippen LogP contribution in [0.3, 0.4) is 0 Å². The Kier molecular flexibility index (Phi) is 4.96. The molecule has 0 spiro atoms. The van der Waals surface area contributed by atoms with Gasteiger partial charge in [0.1, 0.15) is 0 Å². The van der Waals surface area contributed by atoms with Crippen LogP contribution in [0.25, 0.3) is 0 Å². The second-order valence-electron chi connectivity index (χ2n) is 5.47. The van der Waals surface area contributed by atoms with Crippen LogP contribution in [0.1, 0.15) is 17.9 Å². The van der Waals surface area contributed by atoms with Gasteiger partial charge in [0.05, 0.1) is 19.3 Å². The maximum atomic E-state index is 10.1. The lowest BCUT2D eigenvalue weighted by atomic mass is 9.90. The van der Waals surface area contributed by atoms with E-state index in [1.54, 1.807) is 12.1 Å². The molecule has 0 bridgehead atoms. The van der Waals surface area contributed by atoms with Crippen LogP contribution in [0, 0.1) is 0 Å². The number of benzene rings is 1. The minimum absolute atomic E-state index is 0.234. The summed E-state index contributed by atoms with van der Waals surface area (Å²) in [5.74, 6) is 0.425. The fourth-order valence-corrected chi connectivity index (χ4v) is 3.98. The first-order valence-electron chi connectivity index (χ1n) is 7.30. The first-order valence-corrected chi connectivity index (χ1v) is 8.03. The first kappa shape index (κ1) is 14.4. The zero-order valence-electron chi connectivity index (χ0n) is 11.6. The van der Waals surface area contributed by atoms with Gasteiger partial charge in [-0.3, -0.25) is 0 Å². The highest BCUT2D eigenvalue weighted by molar-refractivity contribution is 7.94. The SMILES string of the molecule is OC1CC(c2ccccc2)CN(SN2CCOCC2)C1. The summed E-state index contributed by atoms with van der Waals surface area (Å²) in [6.07, 6.45) is 0.631. The Morgan fingerprint density at radius 2 is 1.80 bits per heavy atom. The molecule has 2 saturated heterocycles. The molecule has 2 fully saturated rings. The van der Waals surface area contributed by atoms with E-state index in [0.29, 0.717) is 5.92 Å². The van der Waals surface area contributed by atoms with Crippen LogP contribution >= 0.6 is 12.1 Å². The predicted octanol–water partition coefficient (Wildman–Crippen LogP) is 1.73. The zero-order valence-corrected chi connectivity index (χ0v) is 12.5. The molecule has 2 aliphatic rings. The van der Waals surface area contributed by atoms with Gasteiger partial charge in [-0.1, -0.05) is 30.3 Å². The van der Waals surface area contributed by atoms with E-state index in [0.717, 1.165) is 45.8 Å². The van der Waals surface area contributed by atoms with Crippen LogP contribution in [0.2, 0.25) is 0 Å². The third kappa shape index (κ3) is 3.74. The smallest absolute Gasteiger partial charge is 0.0683 e. The van der Waals surface area contributed by atoms with Gasteiger partial charge in [-0.05, 0) is 12.0 Å². The molecular formula is C15H22N2O2S. The van der Waals surface area contributed by atoms with Crippen molar-refractivity contribution < 1.29 is 9.84 Å². The number of aliphatic hydroxyl groups is 1. The van der Waals surface area contributed by atoms with Crippen molar-refractivity contribution in [3.63, 3.8) is 0 Å². The van der Waals surface area contributed by atoms with Gasteiger partial charge in [0, 0.05) is 44.2 Å². The van der Waals surface area contributed by atoms with E-state index >= 15 is 0 Å². The minimum Gasteiger partial charge on any atom is -0.392 e. The third-order valence-corrected chi connectivity index (χ3v) is 4.99. The van der Waals surface area contributed by atoms with Gasteiger partial charge in [0.15, 0.2) is 0 Å². The molecule has 1 aromatic rings. The van der Waals surface area contributed by atoms with Crippen molar-refractivity contribution in [1.82, 2.24) is 8.61 Å². The van der Waals surface area contributed by atoms with Gasteiger partial charge in [0.2, 0.25) is 0 Å². The summed E-state index contributed by atoms with van der Waals surface area (Å²) >= 11 is 1.77. The number of morpholine rings is 1. The fourth-order valence-electron chi connectivity index (χ4n) is 2.86. The summed E-state index contributed by atoms with van der Waals surface area (Å²) in [5.41, 5.74) is 1.33. The number of nitrogens with zero attached hydrogens (tertiary/aromatic N) is 2. The number of β-amino-alcohol motifs (C(OH)–C–C–N with tert-alkyl or cyclic N) is 1. The van der Waals surface area contributed by atoms with Crippen LogP contribution < -0.4 is 0 Å². The summed E-state index contributed by atoms with van der Waals surface area (Å²) in [5, 5.41) is 10.1. The van der Waals surface area contributed by atoms with Crippen LogP contribution in [0.4, 0.5) is 0 Å². The molecule has 0 aliphatic carbocycles. The van der Waals surface area contributed by atoms with Crippen molar-refractivity contribution in [3.05, 3.63) is 35.9 Å². The van der Waals surface area contributed by atoms with Crippen molar-refractivity contribution >= 4 is 12.1 Å². The van der Waals surface area contributed by atoms with Gasteiger partial charge in [-0.25, -0.2) is 8.61 Å². The molecule has 5 heteroatoms. The quantitative estimate of drug-likeness (QED) is 0.859. The molecule has 1 aromatic carbocycles. The molecule has 0 aromatic heterocycles. The second-order valence-corrected chi connectivity index (χ2v) is 6.66. The van der Waals surface area contributed by atoms with Crippen LogP contribution in [-0.2, 0) is 4.74 Å². The maximum Gasteiger partial charge on any atom is 0.0683 e. The van der Waals surface area contributed by atoms with Crippen LogP contribution in [0.15, 0.2) is 30.3 Å². The monoisotopic (exact) mass is 294 g/mol. The molecule has 20 heavy (non-hydrogen) atoms. The van der Waals surface area contributed by atoms with E-state index in [2.05, 4.69) is 32.9 Å². The van der Waals surface area contributed by atoms with Gasteiger partial charge in [0.25, 0.3) is 0 Å². The van der Waals surface area contributed by atoms with Gasteiger partial charge >= 0.3 is 0 Å². The van der Waals surface area contributed by atoms with Gasteiger partial charge in [-0.15, -0.1) is 0 Å². The van der Waals surface area contributed by atoms with Crippen molar-refractivity contribution in [2.24, 2.45) is 0 Å². The Morgan fingerprint density at radius 3 is 2.55 bits per heavy atom. The minimum atomic E-state index is -0.234. The Bertz CT molecular complexity index is 412. The number of ether oxygens (including phenoxy) is 1. The molecule has 2 heterocycles. The summed E-state index contributed by atoms with van der Waals surface area (Å²) in [7, 11) is 0. The van der Waals surface area contributed by atoms with E-state index in [4.69, 9.17) is 4.74 Å². The molecule has 110 valence electrons. The van der Waals surface area contributed by atoms with Crippen molar-refractivity contribution in [2.75, 3.05) is 39.4 Å². The van der Waals surface area contributed by atoms with E-state index in [1.165, 1.54) is 5.56 Å². The van der Waals surface area contributed by atoms with Crippen molar-refractivity contribution in [3.8, 4) is 0 Å². The van der Waals surface area contributed by atoms with E-state index in [1.807, 2.05) is 6.07 Å². The van der Waals surface area contributed by atoms with E-state index in [-0.39, 0.29) is 6.10 Å². The lowest BCUT2D eigenvalue weighted by molar-refractivity contribution is 0.0711. The lowest BCUT2D eigenvalue weighted by Crippen LogP contribution is -2.42. The summed E-state index contributed by atoms with van der Waals surface area (Å²) in [4.78, 5) is 0. The predicted molar refractivity (Wildman–Crippen MR) is 81.4 cm³/mol. The highest BCUT2D eigenvalue weighted by Gasteiger charge is 2.29. The molecule has 0 amide bonds. The number of aliphatic hydroxyl groups excluding tert-OH is 1. The molecule has 3 rings (SSSR count). The largest absolute Gasteiger partial charge is 0.392 e. The third-order valence-electron chi connectivity index (χ3n) is 3.87. The van der Waals surface area contributed by atoms with E-state index in [9.17, 15) is 5.11 Å². The number of rotatable bonds is 3. The molecule has 0 saturated carbocycles. The van der Waals surface area contributed by atoms with Gasteiger partial charge < -0.3 is 9.84 Å². The summed E-state index contributed by atoms with van der Waals surface area (Å²) < 4.78 is 10.0. The molecular weight excluding hydrogens is 272 g/mol. The molecule has 1 N–H and O–H groups in total. The van der Waals surface area contributed by atoms with E-state index < -0.39 is 0 Å². The van der Waals surface area contributed by atoms with Gasteiger partial charge in [-0.2, -0.15) is 0 Å². The number of hydrogen-bond acceptors (Lipinski definition) is 5. The van der Waals surface area contributed by atoms with Crippen molar-refractivity contribution in [2.45, 2.75) is 18.4 Å². The normalized spacial score (nSPS) is 29.4. The zero-order chi connectivity index (χ0) is 13.8. The Hall–Kier alpha value is -0.590. The molecule has 4 nitrogen and oxygen atoms in total. The lowest BCUT2D eigenvalue weighted by Gasteiger charge is -2.38.